The van der Waals surface area contributed by atoms with Gasteiger partial charge in [-0.15, -0.1) is 0 Å². The van der Waals surface area contributed by atoms with Crippen LogP contribution in [0.25, 0.3) is 0 Å². The monoisotopic (exact) mass is 249 g/mol. The van der Waals surface area contributed by atoms with E-state index in [-0.39, 0.29) is 17.8 Å². The van der Waals surface area contributed by atoms with Gasteiger partial charge in [0.05, 0.1) is 19.6 Å². The van der Waals surface area contributed by atoms with Crippen molar-refractivity contribution in [1.29, 1.82) is 0 Å². The zero-order valence-electron chi connectivity index (χ0n) is 10.8. The number of esters is 1. The molecule has 1 heterocycles. The minimum Gasteiger partial charge on any atom is -0.469 e. The number of nitrogens with one attached hydrogen (secondary N) is 1. The largest absolute Gasteiger partial charge is 0.469 e. The minimum absolute atomic E-state index is 0.104. The van der Waals surface area contributed by atoms with Crippen molar-refractivity contribution in [3.63, 3.8) is 0 Å². The lowest BCUT2D eigenvalue weighted by Crippen LogP contribution is -2.23. The van der Waals surface area contributed by atoms with Crippen LogP contribution in [0.15, 0.2) is 24.3 Å². The van der Waals surface area contributed by atoms with Gasteiger partial charge in [0.1, 0.15) is 0 Å². The molecule has 4 heteroatoms. The molecule has 98 valence electrons. The maximum Gasteiger partial charge on any atom is 0.310 e. The van der Waals surface area contributed by atoms with E-state index in [9.17, 15) is 4.79 Å². The second-order valence-electron chi connectivity index (χ2n) is 4.53. The molecule has 0 aromatic heterocycles. The summed E-state index contributed by atoms with van der Waals surface area (Å²) >= 11 is 0. The second-order valence-corrected chi connectivity index (χ2v) is 4.53. The Morgan fingerprint density at radius 3 is 2.83 bits per heavy atom. The average molecular weight is 249 g/mol. The molecule has 0 saturated carbocycles. The number of carbonyl (C=O) groups excluding carboxylic acids is 1. The van der Waals surface area contributed by atoms with Crippen molar-refractivity contribution in [3.8, 4) is 0 Å². The van der Waals surface area contributed by atoms with Crippen molar-refractivity contribution < 1.29 is 14.3 Å². The first kappa shape index (κ1) is 13.1. The van der Waals surface area contributed by atoms with Crippen molar-refractivity contribution in [1.82, 2.24) is 5.32 Å². The fourth-order valence-corrected chi connectivity index (χ4v) is 2.59. The molecular weight excluding hydrogens is 230 g/mol. The number of carbonyl (C=O) groups is 1. The maximum absolute atomic E-state index is 11.8. The molecule has 1 saturated heterocycles. The molecule has 0 amide bonds. The van der Waals surface area contributed by atoms with E-state index in [4.69, 9.17) is 9.47 Å². The number of rotatable bonds is 4. The average Bonchev–Trinajstić information content (AvgIpc) is 2.88. The molecule has 1 fully saturated rings. The molecule has 1 N–H and O–H groups in total. The van der Waals surface area contributed by atoms with Crippen LogP contribution in [-0.4, -0.2) is 33.3 Å². The SMILES string of the molecule is COCc1ccccc1C1CNCC1C(=O)OC. The summed E-state index contributed by atoms with van der Waals surface area (Å²) in [4.78, 5) is 11.8. The first-order valence-corrected chi connectivity index (χ1v) is 6.13. The molecular formula is C14H19NO3. The summed E-state index contributed by atoms with van der Waals surface area (Å²) in [5.74, 6) is -0.0750. The van der Waals surface area contributed by atoms with E-state index in [1.165, 1.54) is 12.7 Å². The molecule has 1 aromatic rings. The number of benzene rings is 1. The summed E-state index contributed by atoms with van der Waals surface area (Å²) < 4.78 is 10.1. The molecule has 0 spiro atoms. The molecule has 2 rings (SSSR count). The standard InChI is InChI=1S/C14H19NO3/c1-17-9-10-5-3-4-6-11(10)12-7-15-8-13(12)14(16)18-2/h3-6,12-13,15H,7-9H2,1-2H3. The lowest BCUT2D eigenvalue weighted by Gasteiger charge is -2.19. The second kappa shape index (κ2) is 5.98. The van der Waals surface area contributed by atoms with Crippen LogP contribution >= 0.6 is 0 Å². The third kappa shape index (κ3) is 2.54. The Hall–Kier alpha value is -1.39. The van der Waals surface area contributed by atoms with E-state index in [1.54, 1.807) is 7.11 Å². The molecule has 18 heavy (non-hydrogen) atoms. The van der Waals surface area contributed by atoms with Gasteiger partial charge < -0.3 is 14.8 Å². The summed E-state index contributed by atoms with van der Waals surface area (Å²) in [6.45, 7) is 2.06. The van der Waals surface area contributed by atoms with Crippen LogP contribution in [0.1, 0.15) is 17.0 Å². The Morgan fingerprint density at radius 2 is 2.11 bits per heavy atom. The van der Waals surface area contributed by atoms with Gasteiger partial charge in [0.25, 0.3) is 0 Å². The molecule has 0 aliphatic carbocycles. The highest BCUT2D eigenvalue weighted by Gasteiger charge is 2.35. The van der Waals surface area contributed by atoms with E-state index >= 15 is 0 Å². The van der Waals surface area contributed by atoms with Gasteiger partial charge in [0.15, 0.2) is 0 Å². The summed E-state index contributed by atoms with van der Waals surface area (Å²) in [5.41, 5.74) is 2.32. The van der Waals surface area contributed by atoms with Crippen LogP contribution in [-0.2, 0) is 20.9 Å². The summed E-state index contributed by atoms with van der Waals surface area (Å²) in [6.07, 6.45) is 0. The molecule has 0 bridgehead atoms. The maximum atomic E-state index is 11.8. The van der Waals surface area contributed by atoms with E-state index < -0.39 is 0 Å². The van der Waals surface area contributed by atoms with Crippen molar-refractivity contribution in [2.45, 2.75) is 12.5 Å². The lowest BCUT2D eigenvalue weighted by molar-refractivity contribution is -0.145. The molecule has 1 aromatic carbocycles. The molecule has 2 unspecified atom stereocenters. The molecule has 1 aliphatic rings. The van der Waals surface area contributed by atoms with Gasteiger partial charge in [-0.1, -0.05) is 24.3 Å². The number of methoxy groups -OCH3 is 2. The van der Waals surface area contributed by atoms with Crippen molar-refractivity contribution in [2.24, 2.45) is 5.92 Å². The van der Waals surface area contributed by atoms with Crippen molar-refractivity contribution in [3.05, 3.63) is 35.4 Å². The normalized spacial score (nSPS) is 23.0. The Balaban J connectivity index is 2.27. The number of hydrogen-bond acceptors (Lipinski definition) is 4. The highest BCUT2D eigenvalue weighted by Crippen LogP contribution is 2.31. The fourth-order valence-electron chi connectivity index (χ4n) is 2.59. The molecule has 4 nitrogen and oxygen atoms in total. The van der Waals surface area contributed by atoms with Gasteiger partial charge in [0.2, 0.25) is 0 Å². The topological polar surface area (TPSA) is 47.6 Å². The number of hydrogen-bond donors (Lipinski definition) is 1. The fraction of sp³-hybridized carbons (Fsp3) is 0.500. The predicted molar refractivity (Wildman–Crippen MR) is 68.3 cm³/mol. The first-order chi connectivity index (χ1) is 8.77. The summed E-state index contributed by atoms with van der Waals surface area (Å²) in [5, 5.41) is 3.26. The molecule has 2 atom stereocenters. The first-order valence-electron chi connectivity index (χ1n) is 6.13. The summed E-state index contributed by atoms with van der Waals surface area (Å²) in [7, 11) is 3.13. The smallest absolute Gasteiger partial charge is 0.310 e. The van der Waals surface area contributed by atoms with E-state index in [0.717, 1.165) is 12.1 Å². The molecule has 1 aliphatic heterocycles. The zero-order valence-corrected chi connectivity index (χ0v) is 10.8. The Labute approximate surface area is 107 Å². The number of ether oxygens (including phenoxy) is 2. The quantitative estimate of drug-likeness (QED) is 0.817. The van der Waals surface area contributed by atoms with Gasteiger partial charge in [-0.3, -0.25) is 4.79 Å². The lowest BCUT2D eigenvalue weighted by atomic mass is 9.86. The summed E-state index contributed by atoms with van der Waals surface area (Å²) in [6, 6.07) is 8.11. The zero-order chi connectivity index (χ0) is 13.0. The van der Waals surface area contributed by atoms with E-state index in [2.05, 4.69) is 11.4 Å². The predicted octanol–water partition coefficient (Wildman–Crippen LogP) is 1.31. The Kier molecular flexibility index (Phi) is 4.33. The van der Waals surface area contributed by atoms with Gasteiger partial charge in [-0.2, -0.15) is 0 Å². The van der Waals surface area contributed by atoms with Gasteiger partial charge in [0, 0.05) is 26.1 Å². The molecule has 0 radical (unpaired) electrons. The van der Waals surface area contributed by atoms with Crippen LogP contribution < -0.4 is 5.32 Å². The van der Waals surface area contributed by atoms with Gasteiger partial charge in [-0.05, 0) is 11.1 Å². The third-order valence-corrected chi connectivity index (χ3v) is 3.47. The van der Waals surface area contributed by atoms with Crippen LogP contribution in [0, 0.1) is 5.92 Å². The minimum atomic E-state index is -0.141. The van der Waals surface area contributed by atoms with E-state index in [0.29, 0.717) is 13.2 Å². The third-order valence-electron chi connectivity index (χ3n) is 3.47. The Bertz CT molecular complexity index is 419. The highest BCUT2D eigenvalue weighted by molar-refractivity contribution is 5.74. The van der Waals surface area contributed by atoms with E-state index in [1.807, 2.05) is 18.2 Å². The Morgan fingerprint density at radius 1 is 1.33 bits per heavy atom. The van der Waals surface area contributed by atoms with Crippen molar-refractivity contribution >= 4 is 5.97 Å². The van der Waals surface area contributed by atoms with Gasteiger partial charge >= 0.3 is 5.97 Å². The van der Waals surface area contributed by atoms with Crippen LogP contribution in [0.2, 0.25) is 0 Å². The van der Waals surface area contributed by atoms with Crippen LogP contribution in [0.5, 0.6) is 0 Å². The van der Waals surface area contributed by atoms with Gasteiger partial charge in [-0.25, -0.2) is 0 Å². The van der Waals surface area contributed by atoms with Crippen molar-refractivity contribution in [2.75, 3.05) is 27.3 Å². The van der Waals surface area contributed by atoms with Crippen LogP contribution in [0.3, 0.4) is 0 Å². The van der Waals surface area contributed by atoms with Crippen LogP contribution in [0.4, 0.5) is 0 Å². The highest BCUT2D eigenvalue weighted by atomic mass is 16.5.